The molecule has 0 aromatic carbocycles. The maximum atomic E-state index is 12.9. The van der Waals surface area contributed by atoms with Crippen molar-refractivity contribution in [1.82, 2.24) is 9.97 Å². The van der Waals surface area contributed by atoms with Gasteiger partial charge in [0.15, 0.2) is 0 Å². The molecular weight excluding hydrogens is 301 g/mol. The number of nitrogens with zero attached hydrogens (tertiary/aromatic N) is 2. The Labute approximate surface area is 124 Å². The van der Waals surface area contributed by atoms with E-state index in [4.69, 9.17) is 0 Å². The number of rotatable bonds is 6. The average Bonchev–Trinajstić information content (AvgIpc) is 2.95. The standard InChI is InChI=1S/C13H15F3N4S/c1-2-3-18-11-4-9(13(14,15)16)5-12(20-11)19-7-10-6-17-8-21-10/h4-6,8H,2-3,7H2,1H3,(H2,18,19,20). The number of hydrogen-bond donors (Lipinski definition) is 2. The lowest BCUT2D eigenvalue weighted by Crippen LogP contribution is -2.11. The Morgan fingerprint density at radius 2 is 1.90 bits per heavy atom. The predicted molar refractivity (Wildman–Crippen MR) is 77.5 cm³/mol. The molecule has 0 spiro atoms. The van der Waals surface area contributed by atoms with E-state index in [1.807, 2.05) is 6.92 Å². The summed E-state index contributed by atoms with van der Waals surface area (Å²) in [5, 5.41) is 5.78. The van der Waals surface area contributed by atoms with Crippen molar-refractivity contribution in [3.63, 3.8) is 0 Å². The van der Waals surface area contributed by atoms with Crippen molar-refractivity contribution >= 4 is 23.0 Å². The molecule has 8 heteroatoms. The van der Waals surface area contributed by atoms with Crippen molar-refractivity contribution < 1.29 is 13.2 Å². The first-order valence-electron chi connectivity index (χ1n) is 6.43. The van der Waals surface area contributed by atoms with Crippen LogP contribution in [0, 0.1) is 0 Å². The van der Waals surface area contributed by atoms with Crippen LogP contribution in [0.25, 0.3) is 0 Å². The first kappa shape index (κ1) is 15.6. The van der Waals surface area contributed by atoms with Crippen LogP contribution in [0.15, 0.2) is 23.8 Å². The number of nitrogens with one attached hydrogen (secondary N) is 2. The van der Waals surface area contributed by atoms with Gasteiger partial charge in [-0.05, 0) is 18.6 Å². The second kappa shape index (κ2) is 6.75. The van der Waals surface area contributed by atoms with Crippen LogP contribution in [0.1, 0.15) is 23.8 Å². The summed E-state index contributed by atoms with van der Waals surface area (Å²) in [4.78, 5) is 8.99. The topological polar surface area (TPSA) is 49.8 Å². The van der Waals surface area contributed by atoms with Gasteiger partial charge in [-0.3, -0.25) is 4.98 Å². The highest BCUT2D eigenvalue weighted by atomic mass is 32.1. The zero-order valence-electron chi connectivity index (χ0n) is 11.4. The first-order valence-corrected chi connectivity index (χ1v) is 7.31. The molecule has 0 bridgehead atoms. The van der Waals surface area contributed by atoms with Gasteiger partial charge in [-0.25, -0.2) is 4.98 Å². The van der Waals surface area contributed by atoms with Crippen LogP contribution in [0.5, 0.6) is 0 Å². The number of hydrogen-bond acceptors (Lipinski definition) is 5. The highest BCUT2D eigenvalue weighted by Crippen LogP contribution is 2.32. The van der Waals surface area contributed by atoms with Crippen molar-refractivity contribution in [2.45, 2.75) is 26.1 Å². The van der Waals surface area contributed by atoms with Gasteiger partial charge in [-0.2, -0.15) is 13.2 Å². The van der Waals surface area contributed by atoms with Gasteiger partial charge in [0.25, 0.3) is 0 Å². The maximum absolute atomic E-state index is 12.9. The second-order valence-electron chi connectivity index (χ2n) is 4.37. The molecule has 2 rings (SSSR count). The van der Waals surface area contributed by atoms with E-state index in [9.17, 15) is 13.2 Å². The molecule has 0 unspecified atom stereocenters. The summed E-state index contributed by atoms with van der Waals surface area (Å²) in [6.45, 7) is 2.90. The lowest BCUT2D eigenvalue weighted by atomic mass is 10.2. The third-order valence-corrected chi connectivity index (χ3v) is 3.42. The molecule has 2 N–H and O–H groups in total. The SMILES string of the molecule is CCCNc1cc(C(F)(F)F)cc(NCc2cncs2)n1. The average molecular weight is 316 g/mol. The maximum Gasteiger partial charge on any atom is 0.416 e. The van der Waals surface area contributed by atoms with Crippen LogP contribution in [0.3, 0.4) is 0 Å². The van der Waals surface area contributed by atoms with Crippen molar-refractivity contribution in [3.8, 4) is 0 Å². The van der Waals surface area contributed by atoms with E-state index in [-0.39, 0.29) is 11.6 Å². The highest BCUT2D eigenvalue weighted by molar-refractivity contribution is 7.09. The highest BCUT2D eigenvalue weighted by Gasteiger charge is 2.31. The molecule has 2 heterocycles. The molecule has 0 atom stereocenters. The van der Waals surface area contributed by atoms with Crippen molar-refractivity contribution in [2.24, 2.45) is 0 Å². The van der Waals surface area contributed by atoms with Gasteiger partial charge in [0.05, 0.1) is 17.6 Å². The number of halogens is 3. The Balaban J connectivity index is 2.17. The molecular formula is C13H15F3N4S. The Bertz CT molecular complexity index is 569. The van der Waals surface area contributed by atoms with Gasteiger partial charge in [-0.15, -0.1) is 11.3 Å². The third-order valence-electron chi connectivity index (χ3n) is 2.64. The minimum absolute atomic E-state index is 0.192. The fourth-order valence-corrected chi connectivity index (χ4v) is 2.17. The van der Waals surface area contributed by atoms with Gasteiger partial charge in [0.1, 0.15) is 11.6 Å². The molecule has 0 aliphatic heterocycles. The van der Waals surface area contributed by atoms with Crippen LogP contribution >= 0.6 is 11.3 Å². The van der Waals surface area contributed by atoms with E-state index in [0.29, 0.717) is 13.1 Å². The lowest BCUT2D eigenvalue weighted by Gasteiger charge is -2.13. The molecule has 0 saturated heterocycles. The first-order chi connectivity index (χ1) is 9.99. The Morgan fingerprint density at radius 1 is 1.19 bits per heavy atom. The van der Waals surface area contributed by atoms with Crippen molar-refractivity contribution in [2.75, 3.05) is 17.2 Å². The fraction of sp³-hybridized carbons (Fsp3) is 0.385. The number of anilines is 2. The molecule has 0 aliphatic carbocycles. The largest absolute Gasteiger partial charge is 0.416 e. The molecule has 0 fully saturated rings. The smallest absolute Gasteiger partial charge is 0.370 e. The number of alkyl halides is 3. The van der Waals surface area contributed by atoms with Crippen LogP contribution in [-0.4, -0.2) is 16.5 Å². The predicted octanol–water partition coefficient (Wildman–Crippen LogP) is 3.99. The number of pyridine rings is 1. The van der Waals surface area contributed by atoms with E-state index in [0.717, 1.165) is 23.4 Å². The van der Waals surface area contributed by atoms with Gasteiger partial charge in [0.2, 0.25) is 0 Å². The van der Waals surface area contributed by atoms with E-state index in [1.54, 1.807) is 11.7 Å². The Morgan fingerprint density at radius 3 is 2.48 bits per heavy atom. The van der Waals surface area contributed by atoms with Gasteiger partial charge >= 0.3 is 6.18 Å². The van der Waals surface area contributed by atoms with E-state index in [2.05, 4.69) is 20.6 Å². The summed E-state index contributed by atoms with van der Waals surface area (Å²) in [6, 6.07) is 2.03. The number of thiazole rings is 1. The molecule has 0 aliphatic rings. The Hall–Kier alpha value is -1.83. The molecule has 0 amide bonds. The summed E-state index contributed by atoms with van der Waals surface area (Å²) in [5.41, 5.74) is 0.952. The molecule has 4 nitrogen and oxygen atoms in total. The molecule has 0 saturated carbocycles. The lowest BCUT2D eigenvalue weighted by molar-refractivity contribution is -0.137. The van der Waals surface area contributed by atoms with E-state index < -0.39 is 11.7 Å². The van der Waals surface area contributed by atoms with Crippen LogP contribution in [0.2, 0.25) is 0 Å². The molecule has 114 valence electrons. The minimum atomic E-state index is -4.40. The van der Waals surface area contributed by atoms with Gasteiger partial charge < -0.3 is 10.6 Å². The summed E-state index contributed by atoms with van der Waals surface area (Å²) < 4.78 is 38.7. The Kier molecular flexibility index (Phi) is 5.00. The second-order valence-corrected chi connectivity index (χ2v) is 5.34. The summed E-state index contributed by atoms with van der Waals surface area (Å²) in [7, 11) is 0. The van der Waals surface area contributed by atoms with E-state index in [1.165, 1.54) is 11.3 Å². The monoisotopic (exact) mass is 316 g/mol. The minimum Gasteiger partial charge on any atom is -0.370 e. The number of aromatic nitrogens is 2. The van der Waals surface area contributed by atoms with Crippen molar-refractivity contribution in [3.05, 3.63) is 34.3 Å². The summed E-state index contributed by atoms with van der Waals surface area (Å²) in [5.74, 6) is 0.412. The quantitative estimate of drug-likeness (QED) is 0.846. The zero-order chi connectivity index (χ0) is 15.3. The van der Waals surface area contributed by atoms with Crippen LogP contribution in [-0.2, 0) is 12.7 Å². The van der Waals surface area contributed by atoms with E-state index >= 15 is 0 Å². The van der Waals surface area contributed by atoms with Gasteiger partial charge in [0, 0.05) is 17.6 Å². The fourth-order valence-electron chi connectivity index (χ4n) is 1.64. The summed E-state index contributed by atoms with van der Waals surface area (Å²) in [6.07, 6.45) is -1.92. The van der Waals surface area contributed by atoms with Gasteiger partial charge in [-0.1, -0.05) is 6.92 Å². The zero-order valence-corrected chi connectivity index (χ0v) is 12.2. The van der Waals surface area contributed by atoms with Crippen molar-refractivity contribution in [1.29, 1.82) is 0 Å². The molecule has 2 aromatic heterocycles. The van der Waals surface area contributed by atoms with Crippen LogP contribution in [0.4, 0.5) is 24.8 Å². The molecule has 0 radical (unpaired) electrons. The molecule has 2 aromatic rings. The normalized spacial score (nSPS) is 11.4. The summed E-state index contributed by atoms with van der Waals surface area (Å²) >= 11 is 1.43. The molecule has 21 heavy (non-hydrogen) atoms. The third kappa shape index (κ3) is 4.59. The van der Waals surface area contributed by atoms with Crippen LogP contribution < -0.4 is 10.6 Å².